The Morgan fingerprint density at radius 1 is 1.24 bits per heavy atom. The van der Waals surface area contributed by atoms with Crippen LogP contribution < -0.4 is 5.32 Å². The third-order valence-corrected chi connectivity index (χ3v) is 4.54. The standard InChI is InChI=1S/C17H31NO3/c1-4-13-17(2,16(20)21-3)18-15(19)12-8-11-14-9-6-5-7-10-14/h14H,4-13H2,1-3H3,(H,18,19). The molecular formula is C17H31NO3. The van der Waals surface area contributed by atoms with E-state index in [0.29, 0.717) is 12.8 Å². The topological polar surface area (TPSA) is 55.4 Å². The van der Waals surface area contributed by atoms with Gasteiger partial charge in [0.2, 0.25) is 5.91 Å². The molecule has 21 heavy (non-hydrogen) atoms. The van der Waals surface area contributed by atoms with Crippen LogP contribution in [0.25, 0.3) is 0 Å². The monoisotopic (exact) mass is 297 g/mol. The van der Waals surface area contributed by atoms with E-state index in [4.69, 9.17) is 4.74 Å². The average molecular weight is 297 g/mol. The third kappa shape index (κ3) is 6.06. The molecule has 0 bridgehead atoms. The number of esters is 1. The first-order chi connectivity index (χ1) is 10.0. The van der Waals surface area contributed by atoms with Crippen LogP contribution in [0.4, 0.5) is 0 Å². The van der Waals surface area contributed by atoms with Crippen molar-refractivity contribution >= 4 is 11.9 Å². The van der Waals surface area contributed by atoms with E-state index >= 15 is 0 Å². The molecule has 0 spiro atoms. The second kappa shape index (κ2) is 9.06. The molecule has 1 amide bonds. The molecule has 122 valence electrons. The number of amides is 1. The van der Waals surface area contributed by atoms with Gasteiger partial charge in [0.05, 0.1) is 7.11 Å². The Morgan fingerprint density at radius 3 is 2.48 bits per heavy atom. The van der Waals surface area contributed by atoms with Gasteiger partial charge in [0.1, 0.15) is 5.54 Å². The summed E-state index contributed by atoms with van der Waals surface area (Å²) >= 11 is 0. The second-order valence-corrected chi connectivity index (χ2v) is 6.52. The Kier molecular flexibility index (Phi) is 7.76. The fourth-order valence-electron chi connectivity index (χ4n) is 3.34. The minimum absolute atomic E-state index is 0.0350. The number of methoxy groups -OCH3 is 1. The van der Waals surface area contributed by atoms with Crippen LogP contribution in [0.5, 0.6) is 0 Å². The highest BCUT2D eigenvalue weighted by molar-refractivity contribution is 5.87. The molecule has 0 aromatic rings. The molecule has 1 atom stereocenters. The molecule has 0 radical (unpaired) electrons. The largest absolute Gasteiger partial charge is 0.467 e. The van der Waals surface area contributed by atoms with Gasteiger partial charge in [-0.3, -0.25) is 4.79 Å². The summed E-state index contributed by atoms with van der Waals surface area (Å²) in [7, 11) is 1.37. The Morgan fingerprint density at radius 2 is 1.90 bits per heavy atom. The van der Waals surface area contributed by atoms with E-state index in [1.807, 2.05) is 6.92 Å². The number of carbonyl (C=O) groups is 2. The lowest BCUT2D eigenvalue weighted by Gasteiger charge is -2.27. The number of hydrogen-bond acceptors (Lipinski definition) is 3. The van der Waals surface area contributed by atoms with Crippen molar-refractivity contribution in [3.8, 4) is 0 Å². The van der Waals surface area contributed by atoms with E-state index in [2.05, 4.69) is 5.32 Å². The molecule has 0 aromatic heterocycles. The van der Waals surface area contributed by atoms with Crippen molar-refractivity contribution in [1.82, 2.24) is 5.32 Å². The van der Waals surface area contributed by atoms with Crippen molar-refractivity contribution in [3.05, 3.63) is 0 Å². The zero-order valence-corrected chi connectivity index (χ0v) is 13.9. The average Bonchev–Trinajstić information content (AvgIpc) is 2.47. The van der Waals surface area contributed by atoms with Crippen molar-refractivity contribution in [2.24, 2.45) is 5.92 Å². The third-order valence-electron chi connectivity index (χ3n) is 4.54. The van der Waals surface area contributed by atoms with E-state index < -0.39 is 5.54 Å². The SMILES string of the molecule is CCCC(C)(NC(=O)CCCC1CCCCC1)C(=O)OC. The molecule has 1 rings (SSSR count). The molecule has 1 aliphatic rings. The summed E-state index contributed by atoms with van der Waals surface area (Å²) in [6.45, 7) is 3.75. The van der Waals surface area contributed by atoms with Crippen molar-refractivity contribution in [3.63, 3.8) is 0 Å². The summed E-state index contributed by atoms with van der Waals surface area (Å²) in [6.07, 6.45) is 10.7. The number of rotatable bonds is 8. The maximum Gasteiger partial charge on any atom is 0.331 e. The quantitative estimate of drug-likeness (QED) is 0.697. The van der Waals surface area contributed by atoms with Crippen molar-refractivity contribution in [2.75, 3.05) is 7.11 Å². The van der Waals surface area contributed by atoms with Gasteiger partial charge in [0.15, 0.2) is 0 Å². The van der Waals surface area contributed by atoms with Crippen LogP contribution >= 0.6 is 0 Å². The molecule has 1 aliphatic carbocycles. The van der Waals surface area contributed by atoms with Gasteiger partial charge in [-0.05, 0) is 32.1 Å². The fraction of sp³-hybridized carbons (Fsp3) is 0.882. The van der Waals surface area contributed by atoms with Crippen molar-refractivity contribution < 1.29 is 14.3 Å². The van der Waals surface area contributed by atoms with E-state index in [1.165, 1.54) is 39.2 Å². The van der Waals surface area contributed by atoms with Crippen LogP contribution in [-0.4, -0.2) is 24.5 Å². The zero-order valence-electron chi connectivity index (χ0n) is 13.9. The summed E-state index contributed by atoms with van der Waals surface area (Å²) in [6, 6.07) is 0. The highest BCUT2D eigenvalue weighted by Gasteiger charge is 2.34. The second-order valence-electron chi connectivity index (χ2n) is 6.52. The summed E-state index contributed by atoms with van der Waals surface area (Å²) in [4.78, 5) is 23.9. The molecule has 1 saturated carbocycles. The molecule has 4 nitrogen and oxygen atoms in total. The van der Waals surface area contributed by atoms with Crippen molar-refractivity contribution in [2.45, 2.75) is 83.6 Å². The lowest BCUT2D eigenvalue weighted by molar-refractivity contribution is -0.150. The highest BCUT2D eigenvalue weighted by Crippen LogP contribution is 2.27. The molecule has 4 heteroatoms. The molecule has 0 saturated heterocycles. The Balaban J connectivity index is 2.34. The maximum absolute atomic E-state index is 12.1. The first-order valence-electron chi connectivity index (χ1n) is 8.41. The molecule has 1 fully saturated rings. The van der Waals surface area contributed by atoms with Gasteiger partial charge in [0, 0.05) is 6.42 Å². The van der Waals surface area contributed by atoms with Crippen LogP contribution in [0.1, 0.15) is 78.1 Å². The van der Waals surface area contributed by atoms with Gasteiger partial charge in [-0.1, -0.05) is 45.4 Å². The van der Waals surface area contributed by atoms with Gasteiger partial charge >= 0.3 is 5.97 Å². The minimum Gasteiger partial charge on any atom is -0.467 e. The van der Waals surface area contributed by atoms with Gasteiger partial charge in [-0.25, -0.2) is 4.79 Å². The molecular weight excluding hydrogens is 266 g/mol. The lowest BCUT2D eigenvalue weighted by atomic mass is 9.86. The minimum atomic E-state index is -0.884. The van der Waals surface area contributed by atoms with Crippen LogP contribution in [0.15, 0.2) is 0 Å². The van der Waals surface area contributed by atoms with Gasteiger partial charge in [0.25, 0.3) is 0 Å². The van der Waals surface area contributed by atoms with Gasteiger partial charge in [-0.2, -0.15) is 0 Å². The first-order valence-corrected chi connectivity index (χ1v) is 8.41. The molecule has 1 unspecified atom stereocenters. The summed E-state index contributed by atoms with van der Waals surface area (Å²) in [5.74, 6) is 0.409. The normalized spacial score (nSPS) is 18.8. The number of nitrogens with one attached hydrogen (secondary N) is 1. The molecule has 1 N–H and O–H groups in total. The van der Waals surface area contributed by atoms with Crippen LogP contribution in [0.2, 0.25) is 0 Å². The Labute approximate surface area is 129 Å². The van der Waals surface area contributed by atoms with Crippen LogP contribution in [-0.2, 0) is 14.3 Å². The summed E-state index contributed by atoms with van der Waals surface area (Å²) in [5, 5.41) is 2.87. The predicted molar refractivity (Wildman–Crippen MR) is 83.9 cm³/mol. The number of ether oxygens (including phenoxy) is 1. The van der Waals surface area contributed by atoms with E-state index in [1.54, 1.807) is 6.92 Å². The van der Waals surface area contributed by atoms with Gasteiger partial charge in [-0.15, -0.1) is 0 Å². The fourth-order valence-corrected chi connectivity index (χ4v) is 3.34. The summed E-state index contributed by atoms with van der Waals surface area (Å²) in [5.41, 5.74) is -0.884. The molecule has 0 aromatic carbocycles. The maximum atomic E-state index is 12.1. The molecule has 0 aliphatic heterocycles. The number of hydrogen-bond donors (Lipinski definition) is 1. The van der Waals surface area contributed by atoms with Gasteiger partial charge < -0.3 is 10.1 Å². The zero-order chi connectivity index (χ0) is 15.7. The highest BCUT2D eigenvalue weighted by atomic mass is 16.5. The number of carbonyl (C=O) groups excluding carboxylic acids is 2. The van der Waals surface area contributed by atoms with Crippen LogP contribution in [0.3, 0.4) is 0 Å². The van der Waals surface area contributed by atoms with E-state index in [0.717, 1.165) is 25.2 Å². The van der Waals surface area contributed by atoms with Crippen LogP contribution in [0, 0.1) is 5.92 Å². The van der Waals surface area contributed by atoms with E-state index in [9.17, 15) is 9.59 Å². The lowest BCUT2D eigenvalue weighted by Crippen LogP contribution is -2.52. The predicted octanol–water partition coefficient (Wildman–Crippen LogP) is 3.59. The Bertz CT molecular complexity index is 337. The molecule has 0 heterocycles. The van der Waals surface area contributed by atoms with E-state index in [-0.39, 0.29) is 11.9 Å². The smallest absolute Gasteiger partial charge is 0.331 e. The first kappa shape index (κ1) is 18.0. The Hall–Kier alpha value is -1.06. The van der Waals surface area contributed by atoms with Crippen molar-refractivity contribution in [1.29, 1.82) is 0 Å². The summed E-state index contributed by atoms with van der Waals surface area (Å²) < 4.78 is 4.81.